The molecule has 1 N–H and O–H groups in total. The lowest BCUT2D eigenvalue weighted by molar-refractivity contribution is -0.154. The van der Waals surface area contributed by atoms with E-state index in [0.29, 0.717) is 13.0 Å². The van der Waals surface area contributed by atoms with Crippen LogP contribution in [-0.2, 0) is 14.3 Å². The van der Waals surface area contributed by atoms with Crippen LogP contribution in [0.15, 0.2) is 122 Å². The number of hydrogen-bond acceptors (Lipinski definition) is 4. The highest BCUT2D eigenvalue weighted by molar-refractivity contribution is 5.69. The van der Waals surface area contributed by atoms with Gasteiger partial charge in [0.15, 0.2) is 0 Å². The Kier molecular flexibility index (Phi) is 46.2. The molecule has 1 atom stereocenters. The summed E-state index contributed by atoms with van der Waals surface area (Å²) in [4.78, 5) is 12.2. The van der Waals surface area contributed by atoms with Crippen molar-refractivity contribution in [3.63, 3.8) is 0 Å². The molecule has 0 aliphatic carbocycles. The Morgan fingerprint density at radius 2 is 0.737 bits per heavy atom. The monoisotopic (exact) mass is 787 g/mol. The Balaban J connectivity index is 3.56. The normalized spacial score (nSPS) is 13.5. The van der Waals surface area contributed by atoms with E-state index in [-0.39, 0.29) is 19.2 Å². The molecule has 0 heterocycles. The van der Waals surface area contributed by atoms with E-state index < -0.39 is 6.10 Å². The van der Waals surface area contributed by atoms with Gasteiger partial charge in [0.05, 0.1) is 13.2 Å². The second-order valence-electron chi connectivity index (χ2n) is 14.7. The molecule has 0 aromatic rings. The molecule has 0 aromatic carbocycles. The molecule has 1 unspecified atom stereocenters. The van der Waals surface area contributed by atoms with Crippen molar-refractivity contribution in [3.8, 4) is 0 Å². The zero-order valence-corrected chi connectivity index (χ0v) is 36.8. The fourth-order valence-corrected chi connectivity index (χ4v) is 5.91. The van der Waals surface area contributed by atoms with Crippen LogP contribution in [-0.4, -0.2) is 37.0 Å². The molecule has 4 heteroatoms. The predicted molar refractivity (Wildman–Crippen MR) is 251 cm³/mol. The van der Waals surface area contributed by atoms with Crippen LogP contribution in [0, 0.1) is 0 Å². The van der Waals surface area contributed by atoms with Crippen LogP contribution in [0.25, 0.3) is 0 Å². The maximum atomic E-state index is 12.2. The number of aliphatic hydroxyl groups is 1. The minimum atomic E-state index is -0.565. The Morgan fingerprint density at radius 1 is 0.421 bits per heavy atom. The molecule has 0 fully saturated rings. The van der Waals surface area contributed by atoms with Gasteiger partial charge in [0.1, 0.15) is 6.10 Å². The first-order valence-electron chi connectivity index (χ1n) is 23.1. The molecule has 322 valence electrons. The maximum Gasteiger partial charge on any atom is 0.306 e. The summed E-state index contributed by atoms with van der Waals surface area (Å²) in [5.41, 5.74) is 0. The molecule has 0 spiro atoms. The number of unbranched alkanes of at least 4 members (excludes halogenated alkanes) is 13. The van der Waals surface area contributed by atoms with Gasteiger partial charge in [0.25, 0.3) is 0 Å². The Hall–Kier alpha value is -3.21. The van der Waals surface area contributed by atoms with E-state index in [1.807, 2.05) is 0 Å². The van der Waals surface area contributed by atoms with E-state index in [1.165, 1.54) is 57.8 Å². The fraction of sp³-hybridized carbons (Fsp3) is 0.604. The van der Waals surface area contributed by atoms with Gasteiger partial charge in [-0.2, -0.15) is 0 Å². The molecule has 0 amide bonds. The highest BCUT2D eigenvalue weighted by Crippen LogP contribution is 2.13. The summed E-state index contributed by atoms with van der Waals surface area (Å²) in [5, 5.41) is 9.63. The number of esters is 1. The number of rotatable bonds is 41. The van der Waals surface area contributed by atoms with Crippen molar-refractivity contribution in [2.45, 2.75) is 187 Å². The molecule has 0 aliphatic heterocycles. The summed E-state index contributed by atoms with van der Waals surface area (Å²) in [6, 6.07) is 0. The van der Waals surface area contributed by atoms with Crippen molar-refractivity contribution in [2.75, 3.05) is 19.8 Å². The van der Waals surface area contributed by atoms with Crippen LogP contribution in [0.5, 0.6) is 0 Å². The number of allylic oxidation sites excluding steroid dienone is 20. The third kappa shape index (κ3) is 47.1. The van der Waals surface area contributed by atoms with E-state index in [9.17, 15) is 9.90 Å². The molecule has 0 rings (SSSR count). The van der Waals surface area contributed by atoms with Gasteiger partial charge < -0.3 is 14.6 Å². The zero-order valence-electron chi connectivity index (χ0n) is 36.8. The molecule has 57 heavy (non-hydrogen) atoms. The summed E-state index contributed by atoms with van der Waals surface area (Å²) in [5.74, 6) is -0.223. The van der Waals surface area contributed by atoms with Crippen LogP contribution in [0.2, 0.25) is 0 Å². The highest BCUT2D eigenvalue weighted by atomic mass is 16.6. The Morgan fingerprint density at radius 3 is 1.11 bits per heavy atom. The lowest BCUT2D eigenvalue weighted by Crippen LogP contribution is -2.27. The van der Waals surface area contributed by atoms with E-state index >= 15 is 0 Å². The van der Waals surface area contributed by atoms with Gasteiger partial charge in [-0.3, -0.25) is 4.79 Å². The minimum absolute atomic E-state index is 0.196. The van der Waals surface area contributed by atoms with E-state index in [1.54, 1.807) is 0 Å². The number of ether oxygens (including phenoxy) is 2. The lowest BCUT2D eigenvalue weighted by Gasteiger charge is -2.15. The molecule has 0 saturated heterocycles. The summed E-state index contributed by atoms with van der Waals surface area (Å²) in [6.45, 7) is 5.02. The van der Waals surface area contributed by atoms with Gasteiger partial charge in [0.2, 0.25) is 0 Å². The van der Waals surface area contributed by atoms with Crippen molar-refractivity contribution in [2.24, 2.45) is 0 Å². The van der Waals surface area contributed by atoms with Crippen molar-refractivity contribution in [1.82, 2.24) is 0 Å². The summed E-state index contributed by atoms with van der Waals surface area (Å²) < 4.78 is 11.2. The van der Waals surface area contributed by atoms with Crippen LogP contribution in [0.3, 0.4) is 0 Å². The van der Waals surface area contributed by atoms with Crippen molar-refractivity contribution in [1.29, 1.82) is 0 Å². The first-order valence-corrected chi connectivity index (χ1v) is 23.1. The molecule has 0 aromatic heterocycles. The van der Waals surface area contributed by atoms with E-state index in [0.717, 1.165) is 103 Å². The standard InChI is InChI=1S/C53H86O4/c1-3-5-7-9-11-13-15-17-19-21-23-25-27-28-30-32-34-36-38-40-42-44-46-48-53(55)57-52(50-54)51-56-49-47-45-43-41-39-37-35-33-31-29-26-24-22-20-18-16-14-12-10-8-6-4-2/h5-8,11-14,17-20,23-26,31,33,37,39,52,54H,3-4,9-10,15-16,21-22,27-30,32,34-36,38,40-51H2,1-2H3/b7-5-,8-6-,13-11-,14-12-,19-17-,20-18-,25-23-,26-24-,33-31-,39-37-. The maximum absolute atomic E-state index is 12.2. The predicted octanol–water partition coefficient (Wildman–Crippen LogP) is 15.7. The SMILES string of the molecule is CC/C=C\C/C=C\C/C=C\C/C=C\C/C=C\C/C=C\CCCCCOCC(CO)OC(=O)CCCCCCCCCCCC/C=C\C/C=C\C/C=C\C/C=C\CC. The van der Waals surface area contributed by atoms with Crippen LogP contribution >= 0.6 is 0 Å². The molecule has 0 radical (unpaired) electrons. The van der Waals surface area contributed by atoms with Gasteiger partial charge in [0, 0.05) is 13.0 Å². The summed E-state index contributed by atoms with van der Waals surface area (Å²) in [6.07, 6.45) is 72.7. The number of carbonyl (C=O) groups excluding carboxylic acids is 1. The van der Waals surface area contributed by atoms with Crippen molar-refractivity contribution < 1.29 is 19.4 Å². The first-order chi connectivity index (χ1) is 28.2. The molecule has 0 bridgehead atoms. The van der Waals surface area contributed by atoms with Crippen LogP contribution < -0.4 is 0 Å². The molecule has 0 aliphatic rings. The zero-order chi connectivity index (χ0) is 41.2. The van der Waals surface area contributed by atoms with Crippen molar-refractivity contribution in [3.05, 3.63) is 122 Å². The van der Waals surface area contributed by atoms with Gasteiger partial charge >= 0.3 is 5.97 Å². The number of carbonyl (C=O) groups is 1. The third-order valence-corrected chi connectivity index (χ3v) is 9.28. The quantitative estimate of drug-likeness (QED) is 0.0381. The lowest BCUT2D eigenvalue weighted by atomic mass is 10.0. The molecule has 0 saturated carbocycles. The summed E-state index contributed by atoms with van der Waals surface area (Å²) >= 11 is 0. The van der Waals surface area contributed by atoms with Crippen molar-refractivity contribution >= 4 is 5.97 Å². The second kappa shape index (κ2) is 48.9. The van der Waals surface area contributed by atoms with Crippen LogP contribution in [0.4, 0.5) is 0 Å². The number of hydrogen-bond donors (Lipinski definition) is 1. The topological polar surface area (TPSA) is 55.8 Å². The van der Waals surface area contributed by atoms with E-state index in [4.69, 9.17) is 9.47 Å². The average molecular weight is 787 g/mol. The van der Waals surface area contributed by atoms with Gasteiger partial charge in [-0.05, 0) is 103 Å². The second-order valence-corrected chi connectivity index (χ2v) is 14.7. The highest BCUT2D eigenvalue weighted by Gasteiger charge is 2.13. The number of aliphatic hydroxyl groups excluding tert-OH is 1. The smallest absolute Gasteiger partial charge is 0.306 e. The third-order valence-electron chi connectivity index (χ3n) is 9.28. The van der Waals surface area contributed by atoms with Gasteiger partial charge in [-0.15, -0.1) is 0 Å². The Labute approximate surface area is 352 Å². The average Bonchev–Trinajstić information content (AvgIpc) is 3.22. The van der Waals surface area contributed by atoms with Gasteiger partial charge in [-0.25, -0.2) is 0 Å². The Bertz CT molecular complexity index is 1150. The first kappa shape index (κ1) is 53.8. The summed E-state index contributed by atoms with van der Waals surface area (Å²) in [7, 11) is 0. The molecular weight excluding hydrogens is 701 g/mol. The minimum Gasteiger partial charge on any atom is -0.457 e. The van der Waals surface area contributed by atoms with Crippen LogP contribution in [0.1, 0.15) is 181 Å². The molecular formula is C53H86O4. The largest absolute Gasteiger partial charge is 0.457 e. The van der Waals surface area contributed by atoms with Gasteiger partial charge in [-0.1, -0.05) is 193 Å². The fourth-order valence-electron chi connectivity index (χ4n) is 5.91. The molecule has 4 nitrogen and oxygen atoms in total. The van der Waals surface area contributed by atoms with E-state index in [2.05, 4.69) is 135 Å².